The van der Waals surface area contributed by atoms with Crippen molar-refractivity contribution in [3.05, 3.63) is 58.7 Å². The van der Waals surface area contributed by atoms with Crippen LogP contribution in [-0.4, -0.2) is 31.8 Å². The summed E-state index contributed by atoms with van der Waals surface area (Å²) >= 11 is 3.36. The molecule has 0 bridgehead atoms. The van der Waals surface area contributed by atoms with Crippen molar-refractivity contribution in [2.24, 2.45) is 0 Å². The maximum Gasteiger partial charge on any atom is 0.408 e. The number of amides is 1. The zero-order chi connectivity index (χ0) is 20.6. The van der Waals surface area contributed by atoms with Crippen LogP contribution in [0.25, 0.3) is 11.3 Å². The Kier molecular flexibility index (Phi) is 5.12. The van der Waals surface area contributed by atoms with Crippen molar-refractivity contribution >= 4 is 27.5 Å². The molecule has 3 aromatic heterocycles. The Hall–Kier alpha value is -2.75. The van der Waals surface area contributed by atoms with E-state index >= 15 is 0 Å². The number of anilines is 1. The number of nitrogens with zero attached hydrogens (tertiary/aromatic N) is 4. The lowest BCUT2D eigenvalue weighted by Crippen LogP contribution is -2.17. The zero-order valence-electron chi connectivity index (χ0n) is 14.9. The van der Waals surface area contributed by atoms with E-state index in [1.165, 1.54) is 12.4 Å². The summed E-state index contributed by atoms with van der Waals surface area (Å²) in [4.78, 5) is 21.4. The fourth-order valence-electron chi connectivity index (χ4n) is 2.91. The average molecular weight is 466 g/mol. The molecule has 0 unspecified atom stereocenters. The highest BCUT2D eigenvalue weighted by Gasteiger charge is 2.29. The van der Waals surface area contributed by atoms with Crippen LogP contribution in [0.15, 0.2) is 47.3 Å². The number of carbonyl (C=O) groups is 1. The molecule has 29 heavy (non-hydrogen) atoms. The van der Waals surface area contributed by atoms with Gasteiger partial charge in [0.2, 0.25) is 0 Å². The van der Waals surface area contributed by atoms with Crippen molar-refractivity contribution < 1.29 is 18.0 Å². The van der Waals surface area contributed by atoms with Gasteiger partial charge in [0.15, 0.2) is 0 Å². The third kappa shape index (κ3) is 4.81. The summed E-state index contributed by atoms with van der Waals surface area (Å²) in [5.41, 5.74) is 2.36. The predicted molar refractivity (Wildman–Crippen MR) is 103 cm³/mol. The Morgan fingerprint density at radius 1 is 1.28 bits per heavy atom. The van der Waals surface area contributed by atoms with Crippen LogP contribution in [0.3, 0.4) is 0 Å². The van der Waals surface area contributed by atoms with Crippen LogP contribution in [-0.2, 0) is 6.54 Å². The first-order chi connectivity index (χ1) is 13.8. The molecule has 150 valence electrons. The van der Waals surface area contributed by atoms with Crippen molar-refractivity contribution in [2.45, 2.75) is 31.5 Å². The monoisotopic (exact) mass is 465 g/mol. The molecule has 1 aliphatic carbocycles. The minimum Gasteiger partial charge on any atom is -0.319 e. The number of pyridine rings is 2. The summed E-state index contributed by atoms with van der Waals surface area (Å²) in [6, 6.07) is 6.58. The highest BCUT2D eigenvalue weighted by Crippen LogP contribution is 2.42. The fourth-order valence-corrected chi connectivity index (χ4v) is 3.24. The first-order valence-corrected chi connectivity index (χ1v) is 9.61. The molecule has 4 rings (SSSR count). The van der Waals surface area contributed by atoms with Gasteiger partial charge in [-0.3, -0.25) is 14.5 Å². The quantitative estimate of drug-likeness (QED) is 0.587. The topological polar surface area (TPSA) is 72.7 Å². The number of nitrogens with one attached hydrogen (secondary N) is 1. The van der Waals surface area contributed by atoms with E-state index in [0.717, 1.165) is 27.7 Å². The third-order valence-electron chi connectivity index (χ3n) is 4.35. The van der Waals surface area contributed by atoms with Crippen LogP contribution in [0, 0.1) is 0 Å². The van der Waals surface area contributed by atoms with Crippen LogP contribution >= 0.6 is 15.9 Å². The second-order valence-corrected chi connectivity index (χ2v) is 7.68. The van der Waals surface area contributed by atoms with Gasteiger partial charge in [0, 0.05) is 28.3 Å². The highest BCUT2D eigenvalue weighted by molar-refractivity contribution is 9.10. The number of carbonyl (C=O) groups excluding carboxylic acids is 1. The number of halogens is 4. The van der Waals surface area contributed by atoms with Crippen molar-refractivity contribution in [3.8, 4) is 11.3 Å². The van der Waals surface area contributed by atoms with Gasteiger partial charge in [-0.1, -0.05) is 6.07 Å². The number of rotatable bonds is 5. The highest BCUT2D eigenvalue weighted by atomic mass is 79.9. The minimum absolute atomic E-state index is 0.146. The normalized spacial score (nSPS) is 14.1. The van der Waals surface area contributed by atoms with Gasteiger partial charge in [0.1, 0.15) is 12.2 Å². The van der Waals surface area contributed by atoms with E-state index in [0.29, 0.717) is 22.9 Å². The average Bonchev–Trinajstić information content (AvgIpc) is 3.40. The molecule has 1 N–H and O–H groups in total. The molecular formula is C19H15BrF3N5O. The largest absolute Gasteiger partial charge is 0.408 e. The molecule has 1 fully saturated rings. The smallest absolute Gasteiger partial charge is 0.319 e. The molecular weight excluding hydrogens is 451 g/mol. The lowest BCUT2D eigenvalue weighted by atomic mass is 10.2. The van der Waals surface area contributed by atoms with Gasteiger partial charge < -0.3 is 5.32 Å². The lowest BCUT2D eigenvalue weighted by molar-refractivity contribution is -0.142. The molecule has 3 heterocycles. The summed E-state index contributed by atoms with van der Waals surface area (Å²) in [6.45, 7) is -1.19. The van der Waals surface area contributed by atoms with Gasteiger partial charge in [-0.2, -0.15) is 18.3 Å². The van der Waals surface area contributed by atoms with Gasteiger partial charge in [0.25, 0.3) is 5.91 Å². The Morgan fingerprint density at radius 3 is 2.79 bits per heavy atom. The summed E-state index contributed by atoms with van der Waals surface area (Å²) in [6.07, 6.45) is 1.94. The molecule has 0 atom stereocenters. The van der Waals surface area contributed by atoms with Crippen LogP contribution in [0.2, 0.25) is 0 Å². The van der Waals surface area contributed by atoms with Crippen LogP contribution < -0.4 is 5.32 Å². The van der Waals surface area contributed by atoms with Gasteiger partial charge in [0.05, 0.1) is 23.3 Å². The molecule has 1 amide bonds. The number of aromatic nitrogens is 4. The van der Waals surface area contributed by atoms with E-state index in [1.807, 2.05) is 0 Å². The third-order valence-corrected chi connectivity index (χ3v) is 4.78. The van der Waals surface area contributed by atoms with Crippen molar-refractivity contribution in [1.82, 2.24) is 19.7 Å². The molecule has 0 spiro atoms. The Bertz CT molecular complexity index is 1060. The molecule has 0 aliphatic heterocycles. The van der Waals surface area contributed by atoms with E-state index in [1.54, 1.807) is 30.5 Å². The van der Waals surface area contributed by atoms with E-state index in [4.69, 9.17) is 0 Å². The number of alkyl halides is 3. The van der Waals surface area contributed by atoms with E-state index < -0.39 is 18.6 Å². The maximum absolute atomic E-state index is 12.7. The van der Waals surface area contributed by atoms with Crippen LogP contribution in [0.1, 0.15) is 34.9 Å². The molecule has 1 saturated carbocycles. The van der Waals surface area contributed by atoms with E-state index in [9.17, 15) is 18.0 Å². The molecule has 1 aliphatic rings. The van der Waals surface area contributed by atoms with Crippen molar-refractivity contribution in [3.63, 3.8) is 0 Å². The Morgan fingerprint density at radius 2 is 2.07 bits per heavy atom. The summed E-state index contributed by atoms with van der Waals surface area (Å²) in [5.74, 6) is -0.0755. The maximum atomic E-state index is 12.7. The lowest BCUT2D eigenvalue weighted by Gasteiger charge is -2.10. The SMILES string of the molecule is O=C(Nc1cc(Br)cnc1C1CC1)c1cccc(-c2cnn(CC(F)(F)F)c2)n1. The molecule has 6 nitrogen and oxygen atoms in total. The van der Waals surface area contributed by atoms with Gasteiger partial charge in [-0.15, -0.1) is 0 Å². The summed E-state index contributed by atoms with van der Waals surface area (Å²) < 4.78 is 39.1. The Labute approximate surface area is 172 Å². The first kappa shape index (κ1) is 19.6. The zero-order valence-corrected chi connectivity index (χ0v) is 16.5. The molecule has 10 heteroatoms. The van der Waals surface area contributed by atoms with Crippen molar-refractivity contribution in [2.75, 3.05) is 5.32 Å². The fraction of sp³-hybridized carbons (Fsp3) is 0.263. The Balaban J connectivity index is 1.55. The van der Waals surface area contributed by atoms with Crippen LogP contribution in [0.4, 0.5) is 18.9 Å². The summed E-state index contributed by atoms with van der Waals surface area (Å²) in [5, 5.41) is 6.55. The van der Waals surface area contributed by atoms with E-state index in [2.05, 4.69) is 36.3 Å². The molecule has 3 aromatic rings. The van der Waals surface area contributed by atoms with Gasteiger partial charge in [-0.25, -0.2) is 4.98 Å². The molecule has 0 saturated heterocycles. The predicted octanol–water partition coefficient (Wildman–Crippen LogP) is 4.79. The summed E-state index contributed by atoms with van der Waals surface area (Å²) in [7, 11) is 0. The van der Waals surface area contributed by atoms with Crippen molar-refractivity contribution in [1.29, 1.82) is 0 Å². The van der Waals surface area contributed by atoms with Gasteiger partial charge in [-0.05, 0) is 47.0 Å². The first-order valence-electron chi connectivity index (χ1n) is 8.82. The van der Waals surface area contributed by atoms with E-state index in [-0.39, 0.29) is 5.69 Å². The van der Waals surface area contributed by atoms with Crippen LogP contribution in [0.5, 0.6) is 0 Å². The number of hydrogen-bond acceptors (Lipinski definition) is 4. The number of hydrogen-bond donors (Lipinski definition) is 1. The molecule has 0 aromatic carbocycles. The minimum atomic E-state index is -4.37. The van der Waals surface area contributed by atoms with Gasteiger partial charge >= 0.3 is 6.18 Å². The standard InChI is InChI=1S/C19H15BrF3N5O/c20-13-6-16(17(24-8-13)11-4-5-11)27-18(29)15-3-1-2-14(26-15)12-7-25-28(9-12)10-19(21,22)23/h1-3,6-9,11H,4-5,10H2,(H,27,29). The second-order valence-electron chi connectivity index (χ2n) is 6.76. The second kappa shape index (κ2) is 7.58. The molecule has 0 radical (unpaired) electrons.